The first-order valence-electron chi connectivity index (χ1n) is 7.07. The number of rotatable bonds is 6. The second-order valence-corrected chi connectivity index (χ2v) is 5.96. The van der Waals surface area contributed by atoms with E-state index in [0.29, 0.717) is 5.92 Å². The summed E-state index contributed by atoms with van der Waals surface area (Å²) >= 11 is 0. The van der Waals surface area contributed by atoms with Crippen molar-refractivity contribution in [1.29, 1.82) is 0 Å². The molecule has 1 atom stereocenters. The molecule has 19 heavy (non-hydrogen) atoms. The monoisotopic (exact) mass is 283 g/mol. The van der Waals surface area contributed by atoms with Crippen LogP contribution in [-0.2, 0) is 6.42 Å². The fourth-order valence-electron chi connectivity index (χ4n) is 2.17. The third-order valence-corrected chi connectivity index (χ3v) is 3.43. The van der Waals surface area contributed by atoms with E-state index in [9.17, 15) is 0 Å². The fourth-order valence-corrected chi connectivity index (χ4v) is 2.17. The molecule has 0 saturated heterocycles. The lowest BCUT2D eigenvalue weighted by Gasteiger charge is -2.16. The Morgan fingerprint density at radius 3 is 2.47 bits per heavy atom. The van der Waals surface area contributed by atoms with Crippen LogP contribution < -0.4 is 10.5 Å². The van der Waals surface area contributed by atoms with Gasteiger partial charge in [-0.1, -0.05) is 26.0 Å². The highest BCUT2D eigenvalue weighted by atomic mass is 35.5. The van der Waals surface area contributed by atoms with Crippen LogP contribution in [0.5, 0.6) is 5.75 Å². The molecular weight excluding hydrogens is 258 g/mol. The van der Waals surface area contributed by atoms with Crippen LogP contribution in [0, 0.1) is 5.92 Å². The Labute approximate surface area is 123 Å². The molecule has 2 rings (SSSR count). The lowest BCUT2D eigenvalue weighted by Crippen LogP contribution is -2.18. The lowest BCUT2D eigenvalue weighted by molar-refractivity contribution is 0.295. The van der Waals surface area contributed by atoms with Crippen LogP contribution in [-0.4, -0.2) is 12.6 Å². The zero-order chi connectivity index (χ0) is 13.1. The molecule has 1 saturated carbocycles. The molecule has 1 aliphatic carbocycles. The molecule has 108 valence electrons. The van der Waals surface area contributed by atoms with E-state index in [4.69, 9.17) is 10.5 Å². The molecule has 1 aromatic carbocycles. The van der Waals surface area contributed by atoms with Gasteiger partial charge >= 0.3 is 0 Å². The van der Waals surface area contributed by atoms with Crippen LogP contribution >= 0.6 is 12.4 Å². The molecule has 1 unspecified atom stereocenters. The Bertz CT molecular complexity index is 400. The molecule has 1 aliphatic rings. The Morgan fingerprint density at radius 1 is 1.26 bits per heavy atom. The zero-order valence-corrected chi connectivity index (χ0v) is 13.0. The van der Waals surface area contributed by atoms with E-state index in [1.54, 1.807) is 0 Å². The van der Waals surface area contributed by atoms with Gasteiger partial charge in [-0.2, -0.15) is 0 Å². The van der Waals surface area contributed by atoms with Crippen LogP contribution in [0.2, 0.25) is 0 Å². The molecule has 1 aromatic rings. The predicted molar refractivity (Wildman–Crippen MR) is 83.4 cm³/mol. The first-order valence-corrected chi connectivity index (χ1v) is 7.07. The predicted octanol–water partition coefficient (Wildman–Crippen LogP) is 3.91. The molecule has 0 amide bonds. The smallest absolute Gasteiger partial charge is 0.122 e. The van der Waals surface area contributed by atoms with Crippen molar-refractivity contribution in [3.63, 3.8) is 0 Å². The lowest BCUT2D eigenvalue weighted by atomic mass is 9.97. The second kappa shape index (κ2) is 7.16. The highest BCUT2D eigenvalue weighted by molar-refractivity contribution is 5.85. The van der Waals surface area contributed by atoms with Gasteiger partial charge in [0.2, 0.25) is 0 Å². The molecular formula is C16H26ClNO. The maximum absolute atomic E-state index is 5.95. The number of hydrogen-bond donors (Lipinski definition) is 1. The highest BCUT2D eigenvalue weighted by Gasteiger charge is 2.22. The van der Waals surface area contributed by atoms with Crippen molar-refractivity contribution in [2.24, 2.45) is 11.7 Å². The zero-order valence-electron chi connectivity index (χ0n) is 12.2. The summed E-state index contributed by atoms with van der Waals surface area (Å²) in [5.74, 6) is 2.35. The molecule has 3 heteroatoms. The van der Waals surface area contributed by atoms with E-state index in [1.807, 2.05) is 6.92 Å². The standard InChI is InChI=1S/C16H25NO.ClH/c1-11(2)15-9-14(8-12(3)17)6-7-16(15)18-10-13-4-5-13;/h6-7,9,11-13H,4-5,8,10,17H2,1-3H3;1H. The largest absolute Gasteiger partial charge is 0.493 e. The number of benzene rings is 1. The third-order valence-electron chi connectivity index (χ3n) is 3.43. The first kappa shape index (κ1) is 16.3. The van der Waals surface area contributed by atoms with Gasteiger partial charge < -0.3 is 10.5 Å². The first-order chi connectivity index (χ1) is 8.56. The van der Waals surface area contributed by atoms with E-state index in [-0.39, 0.29) is 18.4 Å². The second-order valence-electron chi connectivity index (χ2n) is 5.96. The van der Waals surface area contributed by atoms with E-state index in [0.717, 1.165) is 24.7 Å². The summed E-state index contributed by atoms with van der Waals surface area (Å²) in [6.45, 7) is 7.36. The molecule has 2 N–H and O–H groups in total. The van der Waals surface area contributed by atoms with Gasteiger partial charge in [0.25, 0.3) is 0 Å². The van der Waals surface area contributed by atoms with Gasteiger partial charge in [-0.25, -0.2) is 0 Å². The molecule has 1 fully saturated rings. The van der Waals surface area contributed by atoms with E-state index < -0.39 is 0 Å². The summed E-state index contributed by atoms with van der Waals surface area (Å²) in [5, 5.41) is 0. The van der Waals surface area contributed by atoms with E-state index in [1.165, 1.54) is 24.0 Å². The van der Waals surface area contributed by atoms with Gasteiger partial charge in [0, 0.05) is 6.04 Å². The van der Waals surface area contributed by atoms with Gasteiger partial charge in [0.15, 0.2) is 0 Å². The number of nitrogens with two attached hydrogens (primary N) is 1. The van der Waals surface area contributed by atoms with Crippen molar-refractivity contribution in [2.45, 2.75) is 52.0 Å². The Balaban J connectivity index is 0.00000180. The average Bonchev–Trinajstić information content (AvgIpc) is 3.10. The minimum absolute atomic E-state index is 0. The van der Waals surface area contributed by atoms with Crippen LogP contribution in [0.25, 0.3) is 0 Å². The van der Waals surface area contributed by atoms with Gasteiger partial charge in [0.1, 0.15) is 5.75 Å². The number of halogens is 1. The Kier molecular flexibility index (Phi) is 6.15. The Hall–Kier alpha value is -0.730. The topological polar surface area (TPSA) is 35.2 Å². The van der Waals surface area contributed by atoms with Gasteiger partial charge in [0.05, 0.1) is 6.61 Å². The Morgan fingerprint density at radius 2 is 1.95 bits per heavy atom. The quantitative estimate of drug-likeness (QED) is 0.859. The van der Waals surface area contributed by atoms with Gasteiger partial charge in [-0.05, 0) is 55.2 Å². The maximum Gasteiger partial charge on any atom is 0.122 e. The maximum atomic E-state index is 5.95. The van der Waals surface area contributed by atoms with Crippen molar-refractivity contribution in [2.75, 3.05) is 6.61 Å². The summed E-state index contributed by atoms with van der Waals surface area (Å²) < 4.78 is 5.95. The van der Waals surface area contributed by atoms with Crippen LogP contribution in [0.3, 0.4) is 0 Å². The average molecular weight is 284 g/mol. The van der Waals surface area contributed by atoms with Crippen LogP contribution in [0.4, 0.5) is 0 Å². The molecule has 0 aromatic heterocycles. The summed E-state index contributed by atoms with van der Waals surface area (Å²) in [6, 6.07) is 6.74. The van der Waals surface area contributed by atoms with Crippen molar-refractivity contribution >= 4 is 12.4 Å². The van der Waals surface area contributed by atoms with Gasteiger partial charge in [-0.15, -0.1) is 12.4 Å². The summed E-state index contributed by atoms with van der Waals surface area (Å²) in [6.07, 6.45) is 3.60. The van der Waals surface area contributed by atoms with E-state index in [2.05, 4.69) is 32.0 Å². The number of ether oxygens (including phenoxy) is 1. The SMILES string of the molecule is CC(N)Cc1ccc(OCC2CC2)c(C(C)C)c1.Cl. The summed E-state index contributed by atoms with van der Waals surface area (Å²) in [7, 11) is 0. The van der Waals surface area contributed by atoms with Gasteiger partial charge in [-0.3, -0.25) is 0 Å². The summed E-state index contributed by atoms with van der Waals surface area (Å²) in [4.78, 5) is 0. The van der Waals surface area contributed by atoms with E-state index >= 15 is 0 Å². The van der Waals surface area contributed by atoms with Crippen molar-refractivity contribution in [1.82, 2.24) is 0 Å². The fraction of sp³-hybridized carbons (Fsp3) is 0.625. The molecule has 0 bridgehead atoms. The minimum atomic E-state index is 0. The van der Waals surface area contributed by atoms with Crippen molar-refractivity contribution in [3.05, 3.63) is 29.3 Å². The number of hydrogen-bond acceptors (Lipinski definition) is 2. The summed E-state index contributed by atoms with van der Waals surface area (Å²) in [5.41, 5.74) is 8.49. The van der Waals surface area contributed by atoms with Crippen LogP contribution in [0.1, 0.15) is 50.7 Å². The molecule has 0 spiro atoms. The van der Waals surface area contributed by atoms with Crippen molar-refractivity contribution in [3.8, 4) is 5.75 Å². The highest BCUT2D eigenvalue weighted by Crippen LogP contribution is 2.32. The molecule has 0 aliphatic heterocycles. The molecule has 2 nitrogen and oxygen atoms in total. The molecule has 0 heterocycles. The minimum Gasteiger partial charge on any atom is -0.493 e. The third kappa shape index (κ3) is 5.04. The van der Waals surface area contributed by atoms with Crippen molar-refractivity contribution < 1.29 is 4.74 Å². The van der Waals surface area contributed by atoms with Crippen LogP contribution in [0.15, 0.2) is 18.2 Å². The molecule has 0 radical (unpaired) electrons. The normalized spacial score (nSPS) is 16.1.